The van der Waals surface area contributed by atoms with Crippen LogP contribution in [-0.4, -0.2) is 38.9 Å². The van der Waals surface area contributed by atoms with E-state index in [2.05, 4.69) is 10.3 Å². The minimum Gasteiger partial charge on any atom is -0.493 e. The number of halogens is 1. The predicted molar refractivity (Wildman–Crippen MR) is 116 cm³/mol. The number of benzene rings is 1. The number of guanidine groups is 1. The molecule has 1 aromatic rings. The van der Waals surface area contributed by atoms with E-state index in [1.54, 1.807) is 14.2 Å². The highest BCUT2D eigenvalue weighted by Gasteiger charge is 2.65. The van der Waals surface area contributed by atoms with Crippen LogP contribution in [-0.2, 0) is 11.3 Å². The fourth-order valence-corrected chi connectivity index (χ4v) is 5.26. The molecule has 1 aliphatic heterocycles. The molecule has 1 saturated heterocycles. The summed E-state index contributed by atoms with van der Waals surface area (Å²) in [6, 6.07) is 6.23. The van der Waals surface area contributed by atoms with Crippen LogP contribution in [0.15, 0.2) is 23.2 Å². The summed E-state index contributed by atoms with van der Waals surface area (Å²) in [6.45, 7) is 1.40. The van der Waals surface area contributed by atoms with Gasteiger partial charge in [-0.1, -0.05) is 18.9 Å². The Morgan fingerprint density at radius 3 is 2.70 bits per heavy atom. The molecule has 2 saturated carbocycles. The monoisotopic (exact) mass is 487 g/mol. The molecular weight excluding hydrogens is 457 g/mol. The Morgan fingerprint density at radius 2 is 2.00 bits per heavy atom. The average molecular weight is 487 g/mol. The molecule has 2 aliphatic carbocycles. The first kappa shape index (κ1) is 20.5. The van der Waals surface area contributed by atoms with Crippen molar-refractivity contribution in [1.82, 2.24) is 5.32 Å². The van der Waals surface area contributed by atoms with Crippen LogP contribution in [0, 0.1) is 11.3 Å². The number of nitrogens with two attached hydrogens (primary N) is 1. The first-order valence-electron chi connectivity index (χ1n) is 9.57. The predicted octanol–water partition coefficient (Wildman–Crippen LogP) is 3.07. The largest absolute Gasteiger partial charge is 0.493 e. The summed E-state index contributed by atoms with van der Waals surface area (Å²) in [5.41, 5.74) is 7.56. The minimum atomic E-state index is 0. The van der Waals surface area contributed by atoms with Crippen LogP contribution < -0.4 is 20.5 Å². The third-order valence-corrected chi connectivity index (χ3v) is 6.47. The molecule has 150 valence electrons. The molecule has 3 N–H and O–H groups in total. The molecule has 0 radical (unpaired) electrons. The number of rotatable bonds is 5. The maximum atomic E-state index is 6.23. The summed E-state index contributed by atoms with van der Waals surface area (Å²) in [7, 11) is 3.27. The van der Waals surface area contributed by atoms with E-state index < -0.39 is 0 Å². The normalized spacial score (nSPS) is 28.2. The van der Waals surface area contributed by atoms with Gasteiger partial charge in [-0.05, 0) is 37.0 Å². The summed E-state index contributed by atoms with van der Waals surface area (Å²) in [5.74, 6) is 2.54. The highest BCUT2D eigenvalue weighted by molar-refractivity contribution is 14.0. The van der Waals surface area contributed by atoms with Gasteiger partial charge >= 0.3 is 0 Å². The second kappa shape index (κ2) is 8.43. The number of aliphatic imine (C=N–C) groups is 1. The van der Waals surface area contributed by atoms with Gasteiger partial charge in [0.1, 0.15) is 0 Å². The molecule has 27 heavy (non-hydrogen) atoms. The Kier molecular flexibility index (Phi) is 6.40. The molecule has 3 aliphatic rings. The van der Waals surface area contributed by atoms with Gasteiger partial charge in [-0.25, -0.2) is 4.99 Å². The smallest absolute Gasteiger partial charge is 0.189 e. The van der Waals surface area contributed by atoms with Crippen LogP contribution in [0.2, 0.25) is 0 Å². The van der Waals surface area contributed by atoms with Crippen LogP contribution in [0.5, 0.6) is 11.5 Å². The van der Waals surface area contributed by atoms with Gasteiger partial charge in [0.05, 0.1) is 26.9 Å². The van der Waals surface area contributed by atoms with Gasteiger partial charge < -0.3 is 25.3 Å². The van der Waals surface area contributed by atoms with E-state index in [1.807, 2.05) is 18.2 Å². The second-order valence-electron chi connectivity index (χ2n) is 7.70. The summed E-state index contributed by atoms with van der Waals surface area (Å²) in [6.07, 6.45) is 6.65. The van der Waals surface area contributed by atoms with Crippen molar-refractivity contribution in [1.29, 1.82) is 0 Å². The van der Waals surface area contributed by atoms with Gasteiger partial charge in [0.15, 0.2) is 17.5 Å². The second-order valence-corrected chi connectivity index (χ2v) is 7.70. The molecule has 0 aromatic heterocycles. The molecule has 1 spiro atoms. The van der Waals surface area contributed by atoms with E-state index in [4.69, 9.17) is 19.9 Å². The van der Waals surface area contributed by atoms with Gasteiger partial charge in [0.2, 0.25) is 0 Å². The van der Waals surface area contributed by atoms with Crippen molar-refractivity contribution in [3.05, 3.63) is 23.8 Å². The zero-order valence-electron chi connectivity index (χ0n) is 16.1. The Bertz CT molecular complexity index is 691. The molecule has 4 rings (SSSR count). The zero-order valence-corrected chi connectivity index (χ0v) is 18.4. The third kappa shape index (κ3) is 3.60. The molecule has 3 fully saturated rings. The first-order valence-corrected chi connectivity index (χ1v) is 9.57. The highest BCUT2D eigenvalue weighted by Crippen LogP contribution is 2.60. The van der Waals surface area contributed by atoms with Crippen LogP contribution >= 0.6 is 24.0 Å². The van der Waals surface area contributed by atoms with Crippen LogP contribution in [0.4, 0.5) is 0 Å². The molecule has 3 unspecified atom stereocenters. The quantitative estimate of drug-likeness (QED) is 0.379. The Hall–Kier alpha value is -1.22. The van der Waals surface area contributed by atoms with Crippen molar-refractivity contribution < 1.29 is 14.2 Å². The molecule has 3 atom stereocenters. The number of nitrogens with zero attached hydrogens (tertiary/aromatic N) is 1. The van der Waals surface area contributed by atoms with Crippen molar-refractivity contribution in [2.24, 2.45) is 22.1 Å². The van der Waals surface area contributed by atoms with E-state index in [1.165, 1.54) is 25.7 Å². The Morgan fingerprint density at radius 1 is 1.26 bits per heavy atom. The Labute approximate surface area is 178 Å². The Balaban J connectivity index is 0.00000210. The van der Waals surface area contributed by atoms with E-state index in [0.717, 1.165) is 24.3 Å². The van der Waals surface area contributed by atoms with Gasteiger partial charge in [-0.15, -0.1) is 24.0 Å². The topological polar surface area (TPSA) is 78.1 Å². The van der Waals surface area contributed by atoms with Crippen molar-refractivity contribution in [2.45, 2.75) is 50.8 Å². The molecule has 0 amide bonds. The number of fused-ring (bicyclic) bond motifs is 2. The van der Waals surface area contributed by atoms with E-state index in [9.17, 15) is 0 Å². The summed E-state index contributed by atoms with van der Waals surface area (Å²) < 4.78 is 16.7. The van der Waals surface area contributed by atoms with Gasteiger partial charge in [-0.3, -0.25) is 0 Å². The van der Waals surface area contributed by atoms with Gasteiger partial charge in [-0.2, -0.15) is 0 Å². The van der Waals surface area contributed by atoms with Gasteiger partial charge in [0.25, 0.3) is 0 Å². The van der Waals surface area contributed by atoms with Crippen molar-refractivity contribution >= 4 is 29.9 Å². The fourth-order valence-electron chi connectivity index (χ4n) is 5.26. The number of nitrogens with one attached hydrogen (secondary N) is 1. The standard InChI is InChI=1S/C20H29N3O3.HI/c1-24-15-6-5-13(11-16(15)25-2)12-22-19(21)23-17-14-7-10-26-18(14)20(17)8-3-4-9-20;/h5-6,11,14,17-18H,3-4,7-10,12H2,1-2H3,(H3,21,22,23);1H. The van der Waals surface area contributed by atoms with E-state index >= 15 is 0 Å². The molecule has 1 heterocycles. The van der Waals surface area contributed by atoms with Crippen molar-refractivity contribution in [3.8, 4) is 11.5 Å². The number of methoxy groups -OCH3 is 2. The third-order valence-electron chi connectivity index (χ3n) is 6.47. The average Bonchev–Trinajstić information content (AvgIpc) is 3.33. The summed E-state index contributed by atoms with van der Waals surface area (Å²) in [4.78, 5) is 4.56. The lowest BCUT2D eigenvalue weighted by molar-refractivity contribution is -0.124. The molecular formula is C20H30IN3O3. The maximum Gasteiger partial charge on any atom is 0.189 e. The number of hydrogen-bond acceptors (Lipinski definition) is 4. The van der Waals surface area contributed by atoms with Crippen molar-refractivity contribution in [2.75, 3.05) is 20.8 Å². The molecule has 0 bridgehead atoms. The maximum absolute atomic E-state index is 6.23. The van der Waals surface area contributed by atoms with Crippen molar-refractivity contribution in [3.63, 3.8) is 0 Å². The first-order chi connectivity index (χ1) is 12.7. The lowest BCUT2D eigenvalue weighted by atomic mass is 9.54. The lowest BCUT2D eigenvalue weighted by Gasteiger charge is -2.57. The molecule has 6 nitrogen and oxygen atoms in total. The minimum absolute atomic E-state index is 0. The zero-order chi connectivity index (χ0) is 18.1. The lowest BCUT2D eigenvalue weighted by Crippen LogP contribution is -2.69. The summed E-state index contributed by atoms with van der Waals surface area (Å²) >= 11 is 0. The summed E-state index contributed by atoms with van der Waals surface area (Å²) in [5, 5.41) is 3.53. The number of hydrogen-bond donors (Lipinski definition) is 2. The van der Waals surface area contributed by atoms with Crippen LogP contribution in [0.3, 0.4) is 0 Å². The SMILES string of the molecule is COc1ccc(CN=C(N)NC2C3CCOC3C23CCCC3)cc1OC.I. The molecule has 7 heteroatoms. The van der Waals surface area contributed by atoms with Gasteiger partial charge in [0, 0.05) is 24.0 Å². The van der Waals surface area contributed by atoms with E-state index in [0.29, 0.717) is 36.3 Å². The fraction of sp³-hybridized carbons (Fsp3) is 0.650. The van der Waals surface area contributed by atoms with Crippen LogP contribution in [0.25, 0.3) is 0 Å². The van der Waals surface area contributed by atoms with E-state index in [-0.39, 0.29) is 29.4 Å². The number of ether oxygens (including phenoxy) is 3. The van der Waals surface area contributed by atoms with Crippen LogP contribution in [0.1, 0.15) is 37.7 Å². The molecule has 1 aromatic carbocycles. The highest BCUT2D eigenvalue weighted by atomic mass is 127.